The number of anilines is 2. The van der Waals surface area contributed by atoms with Crippen molar-refractivity contribution < 1.29 is 30.0 Å². The number of aryl methyl sites for hydroxylation is 2. The highest BCUT2D eigenvalue weighted by Gasteiger charge is 2.21. The molecule has 4 aromatic rings. The zero-order chi connectivity index (χ0) is 29.1. The van der Waals surface area contributed by atoms with Gasteiger partial charge in [-0.1, -0.05) is 30.3 Å². The number of urea groups is 1. The van der Waals surface area contributed by atoms with E-state index in [2.05, 4.69) is 10.6 Å². The summed E-state index contributed by atoms with van der Waals surface area (Å²) in [5, 5.41) is 5.23. The predicted octanol–water partition coefficient (Wildman–Crippen LogP) is 6.10. The Morgan fingerprint density at radius 2 is 1.05 bits per heavy atom. The van der Waals surface area contributed by atoms with Crippen molar-refractivity contribution >= 4 is 37.6 Å². The van der Waals surface area contributed by atoms with Gasteiger partial charge in [0.25, 0.3) is 0 Å². The number of nitrogens with one attached hydrogen (secondary N) is 2. The van der Waals surface area contributed by atoms with Crippen LogP contribution < -0.4 is 19.0 Å². The molecule has 0 radical (unpaired) electrons. The molecule has 0 aliphatic heterocycles. The summed E-state index contributed by atoms with van der Waals surface area (Å²) in [5.41, 5.74) is 3.52. The van der Waals surface area contributed by atoms with Gasteiger partial charge in [0.15, 0.2) is 0 Å². The van der Waals surface area contributed by atoms with Gasteiger partial charge < -0.3 is 19.0 Å². The first-order valence-electron chi connectivity index (χ1n) is 12.2. The lowest BCUT2D eigenvalue weighted by molar-refractivity contribution is 0.262. The summed E-state index contributed by atoms with van der Waals surface area (Å²) in [5.74, 6) is 0.118. The molecule has 0 aliphatic rings. The summed E-state index contributed by atoms with van der Waals surface area (Å²) in [6, 6.07) is 21.1. The quantitative estimate of drug-likeness (QED) is 0.241. The molecule has 4 rings (SSSR count). The van der Waals surface area contributed by atoms with Crippen molar-refractivity contribution in [3.05, 3.63) is 107 Å². The predicted molar refractivity (Wildman–Crippen MR) is 153 cm³/mol. The Balaban J connectivity index is 1.40. The third-order valence-electron chi connectivity index (χ3n) is 6.26. The van der Waals surface area contributed by atoms with Crippen molar-refractivity contribution in [1.82, 2.24) is 0 Å². The fourth-order valence-corrected chi connectivity index (χ4v) is 6.31. The molecule has 40 heavy (non-hydrogen) atoms. The maximum atomic E-state index is 12.8. The van der Waals surface area contributed by atoms with Crippen molar-refractivity contribution in [3.63, 3.8) is 0 Å². The van der Waals surface area contributed by atoms with Gasteiger partial charge in [0.1, 0.15) is 21.3 Å². The Kier molecular flexibility index (Phi) is 8.17. The molecule has 0 unspecified atom stereocenters. The Labute approximate surface area is 234 Å². The Morgan fingerprint density at radius 1 is 0.575 bits per heavy atom. The lowest BCUT2D eigenvalue weighted by atomic mass is 10.1. The molecule has 0 fully saturated rings. The Morgan fingerprint density at radius 3 is 1.60 bits per heavy atom. The molecule has 2 amide bonds. The number of carbonyl (C=O) groups is 1. The maximum absolute atomic E-state index is 12.8. The summed E-state index contributed by atoms with van der Waals surface area (Å²) in [4.78, 5) is 12.7. The number of carbonyl (C=O) groups excluding carboxylic acids is 1. The molecule has 0 saturated heterocycles. The van der Waals surface area contributed by atoms with Gasteiger partial charge in [-0.3, -0.25) is 0 Å². The molecule has 0 bridgehead atoms. The monoisotopic (exact) mass is 580 g/mol. The Hall–Kier alpha value is -4.35. The molecule has 208 valence electrons. The SMILES string of the molecule is Cc1cccc(S(=O)(=O)Oc2ccc(NC(=O)Nc3cccc(OS(=O)(=O)c4cccc(C)c4C)c3)cc2)c1C. The van der Waals surface area contributed by atoms with E-state index in [0.29, 0.717) is 22.5 Å². The van der Waals surface area contributed by atoms with Gasteiger partial charge in [-0.2, -0.15) is 16.8 Å². The van der Waals surface area contributed by atoms with Gasteiger partial charge in [-0.25, -0.2) is 4.79 Å². The van der Waals surface area contributed by atoms with Crippen molar-refractivity contribution in [1.29, 1.82) is 0 Å². The minimum absolute atomic E-state index is 0.0327. The van der Waals surface area contributed by atoms with E-state index in [4.69, 9.17) is 8.37 Å². The zero-order valence-electron chi connectivity index (χ0n) is 22.3. The Bertz CT molecular complexity index is 1780. The number of hydrogen-bond acceptors (Lipinski definition) is 7. The van der Waals surface area contributed by atoms with Crippen LogP contribution in [0.25, 0.3) is 0 Å². The fraction of sp³-hybridized carbons (Fsp3) is 0.138. The van der Waals surface area contributed by atoms with Crippen LogP contribution in [0, 0.1) is 27.7 Å². The average Bonchev–Trinajstić information content (AvgIpc) is 2.88. The van der Waals surface area contributed by atoms with Gasteiger partial charge in [0.05, 0.1) is 0 Å². The maximum Gasteiger partial charge on any atom is 0.339 e. The minimum atomic E-state index is -4.08. The molecule has 0 aromatic heterocycles. The highest BCUT2D eigenvalue weighted by atomic mass is 32.2. The van der Waals surface area contributed by atoms with Gasteiger partial charge in [-0.05, 0) is 98.5 Å². The van der Waals surface area contributed by atoms with Gasteiger partial charge >= 0.3 is 26.3 Å². The van der Waals surface area contributed by atoms with Gasteiger partial charge in [-0.15, -0.1) is 0 Å². The van der Waals surface area contributed by atoms with Crippen LogP contribution in [0.5, 0.6) is 11.5 Å². The highest BCUT2D eigenvalue weighted by molar-refractivity contribution is 7.87. The van der Waals surface area contributed by atoms with E-state index in [0.717, 1.165) is 11.1 Å². The van der Waals surface area contributed by atoms with Crippen LogP contribution in [0.15, 0.2) is 94.7 Å². The lowest BCUT2D eigenvalue weighted by Gasteiger charge is -2.13. The molecule has 0 saturated carbocycles. The zero-order valence-corrected chi connectivity index (χ0v) is 23.9. The molecule has 11 heteroatoms. The van der Waals surface area contributed by atoms with Crippen LogP contribution >= 0.6 is 0 Å². The molecule has 0 aliphatic carbocycles. The van der Waals surface area contributed by atoms with E-state index in [-0.39, 0.29) is 21.3 Å². The number of rotatable bonds is 8. The molecule has 0 heterocycles. The summed E-state index contributed by atoms with van der Waals surface area (Å²) >= 11 is 0. The number of hydrogen-bond donors (Lipinski definition) is 2. The van der Waals surface area contributed by atoms with Gasteiger partial charge in [0.2, 0.25) is 0 Å². The topological polar surface area (TPSA) is 128 Å². The second-order valence-electron chi connectivity index (χ2n) is 9.10. The van der Waals surface area contributed by atoms with Crippen LogP contribution in [0.1, 0.15) is 22.3 Å². The van der Waals surface area contributed by atoms with Crippen LogP contribution in [0.4, 0.5) is 16.2 Å². The highest BCUT2D eigenvalue weighted by Crippen LogP contribution is 2.26. The molecule has 0 atom stereocenters. The van der Waals surface area contributed by atoms with E-state index in [1.807, 2.05) is 26.0 Å². The molecule has 0 spiro atoms. The van der Waals surface area contributed by atoms with E-state index in [1.54, 1.807) is 38.1 Å². The second kappa shape index (κ2) is 11.4. The van der Waals surface area contributed by atoms with Crippen LogP contribution in [-0.4, -0.2) is 22.9 Å². The minimum Gasteiger partial charge on any atom is -0.379 e. The first-order valence-corrected chi connectivity index (χ1v) is 15.0. The second-order valence-corrected chi connectivity index (χ2v) is 12.1. The molecule has 9 nitrogen and oxygen atoms in total. The molecule has 2 N–H and O–H groups in total. The van der Waals surface area contributed by atoms with E-state index in [1.165, 1.54) is 48.5 Å². The van der Waals surface area contributed by atoms with E-state index in [9.17, 15) is 21.6 Å². The largest absolute Gasteiger partial charge is 0.379 e. The van der Waals surface area contributed by atoms with E-state index < -0.39 is 26.3 Å². The standard InChI is InChI=1S/C29H28N2O7S2/c1-19-8-5-12-27(21(19)3)39(33,34)37-25-16-14-23(15-17-25)30-29(32)31-24-10-7-11-26(18-24)38-40(35,36)28-13-6-9-20(2)22(28)4/h5-18H,1-4H3,(H2,30,31,32). The van der Waals surface area contributed by atoms with Crippen molar-refractivity contribution in [2.75, 3.05) is 10.6 Å². The van der Waals surface area contributed by atoms with Crippen LogP contribution in [-0.2, 0) is 20.2 Å². The normalized spacial score (nSPS) is 11.5. The number of benzene rings is 4. The molecular formula is C29H28N2O7S2. The van der Waals surface area contributed by atoms with Crippen LogP contribution in [0.3, 0.4) is 0 Å². The smallest absolute Gasteiger partial charge is 0.339 e. The third-order valence-corrected chi connectivity index (χ3v) is 9.05. The van der Waals surface area contributed by atoms with E-state index >= 15 is 0 Å². The first-order chi connectivity index (χ1) is 18.9. The van der Waals surface area contributed by atoms with Crippen molar-refractivity contribution in [2.45, 2.75) is 37.5 Å². The molecular weight excluding hydrogens is 552 g/mol. The summed E-state index contributed by atoms with van der Waals surface area (Å²) in [6.07, 6.45) is 0. The summed E-state index contributed by atoms with van der Waals surface area (Å²) in [7, 11) is -8.12. The summed E-state index contributed by atoms with van der Waals surface area (Å²) in [6.45, 7) is 7.04. The summed E-state index contributed by atoms with van der Waals surface area (Å²) < 4.78 is 61.6. The third kappa shape index (κ3) is 6.61. The van der Waals surface area contributed by atoms with Crippen molar-refractivity contribution in [3.8, 4) is 11.5 Å². The van der Waals surface area contributed by atoms with Crippen LogP contribution in [0.2, 0.25) is 0 Å². The van der Waals surface area contributed by atoms with Crippen molar-refractivity contribution in [2.24, 2.45) is 0 Å². The van der Waals surface area contributed by atoms with Gasteiger partial charge in [0, 0.05) is 17.4 Å². The lowest BCUT2D eigenvalue weighted by Crippen LogP contribution is -2.19. The average molecular weight is 581 g/mol. The first kappa shape index (κ1) is 28.7. The molecule has 4 aromatic carbocycles. The number of amides is 2. The fourth-order valence-electron chi connectivity index (χ4n) is 3.85.